The van der Waals surface area contributed by atoms with E-state index in [4.69, 9.17) is 0 Å². The molecule has 0 bridgehead atoms. The lowest BCUT2D eigenvalue weighted by Crippen LogP contribution is -2.34. The summed E-state index contributed by atoms with van der Waals surface area (Å²) in [5.41, 5.74) is -0.163. The van der Waals surface area contributed by atoms with E-state index in [1.807, 2.05) is 30.3 Å². The van der Waals surface area contributed by atoms with Crippen molar-refractivity contribution in [3.05, 3.63) is 42.0 Å². The van der Waals surface area contributed by atoms with E-state index in [0.29, 0.717) is 0 Å². The molecule has 0 saturated heterocycles. The molecule has 1 aromatic carbocycles. The normalized spacial score (nSPS) is 18.0. The molecule has 0 amide bonds. The molecule has 2 heteroatoms. The van der Waals surface area contributed by atoms with E-state index >= 15 is 0 Å². The fraction of sp³-hybridized carbons (Fsp3) is 0.333. The van der Waals surface area contributed by atoms with Crippen molar-refractivity contribution in [2.75, 3.05) is 0 Å². The molecule has 76 valence electrons. The average Bonchev–Trinajstić information content (AvgIpc) is 2.16. The topological polar surface area (TPSA) is 40.5 Å². The standard InChI is InChI=1S/C12H16O2/c1-10(13)12(2,14)9-8-11-6-4-3-5-7-11/h3-10,13-14H,1-2H3/b9-8+. The van der Waals surface area contributed by atoms with Gasteiger partial charge in [-0.1, -0.05) is 42.5 Å². The fourth-order valence-electron chi connectivity index (χ4n) is 0.968. The summed E-state index contributed by atoms with van der Waals surface area (Å²) in [6.07, 6.45) is 2.63. The summed E-state index contributed by atoms with van der Waals surface area (Å²) in [5, 5.41) is 19.0. The van der Waals surface area contributed by atoms with Crippen molar-refractivity contribution in [3.8, 4) is 0 Å². The first-order valence-electron chi connectivity index (χ1n) is 4.67. The second-order valence-electron chi connectivity index (χ2n) is 3.65. The summed E-state index contributed by atoms with van der Waals surface area (Å²) >= 11 is 0. The summed E-state index contributed by atoms with van der Waals surface area (Å²) in [6.45, 7) is 3.15. The van der Waals surface area contributed by atoms with Gasteiger partial charge in [0, 0.05) is 0 Å². The Hall–Kier alpha value is -1.12. The predicted octanol–water partition coefficient (Wildman–Crippen LogP) is 1.83. The Labute approximate surface area is 84.5 Å². The molecule has 0 heterocycles. The van der Waals surface area contributed by atoms with Crippen molar-refractivity contribution in [1.29, 1.82) is 0 Å². The SMILES string of the molecule is CC(O)C(C)(O)/C=C/c1ccccc1. The van der Waals surface area contributed by atoms with Crippen LogP contribution in [0.3, 0.4) is 0 Å². The maximum atomic E-state index is 9.72. The number of hydrogen-bond acceptors (Lipinski definition) is 2. The molecule has 2 unspecified atom stereocenters. The lowest BCUT2D eigenvalue weighted by atomic mass is 9.99. The maximum absolute atomic E-state index is 9.72. The molecule has 2 atom stereocenters. The number of aliphatic hydroxyl groups is 2. The first-order valence-corrected chi connectivity index (χ1v) is 4.67. The van der Waals surface area contributed by atoms with Crippen molar-refractivity contribution in [2.24, 2.45) is 0 Å². The van der Waals surface area contributed by atoms with Crippen LogP contribution in [0, 0.1) is 0 Å². The molecule has 14 heavy (non-hydrogen) atoms. The molecular formula is C12H16O2. The van der Waals surface area contributed by atoms with E-state index in [0.717, 1.165) is 5.56 Å². The Bertz CT molecular complexity index is 299. The number of aliphatic hydroxyl groups excluding tert-OH is 1. The second-order valence-corrected chi connectivity index (χ2v) is 3.65. The van der Waals surface area contributed by atoms with Crippen LogP contribution in [0.5, 0.6) is 0 Å². The smallest absolute Gasteiger partial charge is 0.106 e. The highest BCUT2D eigenvalue weighted by molar-refractivity contribution is 5.50. The average molecular weight is 192 g/mol. The largest absolute Gasteiger partial charge is 0.390 e. The highest BCUT2D eigenvalue weighted by Crippen LogP contribution is 2.13. The van der Waals surface area contributed by atoms with Crippen LogP contribution in [0.2, 0.25) is 0 Å². The summed E-state index contributed by atoms with van der Waals surface area (Å²) in [4.78, 5) is 0. The van der Waals surface area contributed by atoms with Gasteiger partial charge >= 0.3 is 0 Å². The molecule has 1 rings (SSSR count). The quantitative estimate of drug-likeness (QED) is 0.767. The van der Waals surface area contributed by atoms with E-state index < -0.39 is 11.7 Å². The maximum Gasteiger partial charge on any atom is 0.106 e. The third-order valence-corrected chi connectivity index (χ3v) is 2.26. The van der Waals surface area contributed by atoms with Crippen LogP contribution in [-0.4, -0.2) is 21.9 Å². The highest BCUT2D eigenvalue weighted by Gasteiger charge is 2.22. The van der Waals surface area contributed by atoms with Crippen LogP contribution < -0.4 is 0 Å². The molecule has 0 saturated carbocycles. The van der Waals surface area contributed by atoms with Crippen LogP contribution in [0.15, 0.2) is 36.4 Å². The minimum Gasteiger partial charge on any atom is -0.390 e. The van der Waals surface area contributed by atoms with Crippen LogP contribution in [0.4, 0.5) is 0 Å². The Kier molecular flexibility index (Phi) is 3.44. The fourth-order valence-corrected chi connectivity index (χ4v) is 0.968. The van der Waals surface area contributed by atoms with E-state index in [1.54, 1.807) is 26.0 Å². The van der Waals surface area contributed by atoms with Gasteiger partial charge in [0.15, 0.2) is 0 Å². The minimum absolute atomic E-state index is 0.775. The molecule has 0 radical (unpaired) electrons. The van der Waals surface area contributed by atoms with Gasteiger partial charge in [-0.25, -0.2) is 0 Å². The van der Waals surface area contributed by atoms with Crippen LogP contribution in [-0.2, 0) is 0 Å². The Morgan fingerprint density at radius 3 is 2.36 bits per heavy atom. The molecule has 0 fully saturated rings. The van der Waals surface area contributed by atoms with Crippen molar-refractivity contribution < 1.29 is 10.2 Å². The zero-order valence-electron chi connectivity index (χ0n) is 8.51. The van der Waals surface area contributed by atoms with Crippen LogP contribution in [0.25, 0.3) is 6.08 Å². The van der Waals surface area contributed by atoms with E-state index in [1.165, 1.54) is 0 Å². The van der Waals surface area contributed by atoms with Gasteiger partial charge in [-0.3, -0.25) is 0 Å². The predicted molar refractivity (Wildman–Crippen MR) is 57.8 cm³/mol. The lowest BCUT2D eigenvalue weighted by molar-refractivity contribution is -0.0146. The van der Waals surface area contributed by atoms with E-state index in [-0.39, 0.29) is 0 Å². The van der Waals surface area contributed by atoms with Crippen molar-refractivity contribution in [2.45, 2.75) is 25.6 Å². The van der Waals surface area contributed by atoms with Gasteiger partial charge in [-0.15, -0.1) is 0 Å². The van der Waals surface area contributed by atoms with Gasteiger partial charge in [0.1, 0.15) is 5.60 Å². The van der Waals surface area contributed by atoms with Crippen LogP contribution >= 0.6 is 0 Å². The summed E-state index contributed by atoms with van der Waals surface area (Å²) in [5.74, 6) is 0. The van der Waals surface area contributed by atoms with Gasteiger partial charge in [-0.2, -0.15) is 0 Å². The lowest BCUT2D eigenvalue weighted by Gasteiger charge is -2.22. The van der Waals surface area contributed by atoms with Gasteiger partial charge in [-0.05, 0) is 19.4 Å². The summed E-state index contributed by atoms with van der Waals surface area (Å²) in [7, 11) is 0. The van der Waals surface area contributed by atoms with Gasteiger partial charge in [0.05, 0.1) is 6.10 Å². The molecule has 0 aliphatic rings. The third-order valence-electron chi connectivity index (χ3n) is 2.26. The van der Waals surface area contributed by atoms with Crippen molar-refractivity contribution in [1.82, 2.24) is 0 Å². The summed E-state index contributed by atoms with van der Waals surface area (Å²) < 4.78 is 0. The first-order chi connectivity index (χ1) is 6.52. The Morgan fingerprint density at radius 2 is 1.86 bits per heavy atom. The molecule has 1 aromatic rings. The van der Waals surface area contributed by atoms with Crippen molar-refractivity contribution in [3.63, 3.8) is 0 Å². The molecule has 0 aromatic heterocycles. The molecule has 2 N–H and O–H groups in total. The number of rotatable bonds is 3. The minimum atomic E-state index is -1.17. The first kappa shape index (κ1) is 11.0. The van der Waals surface area contributed by atoms with E-state index in [2.05, 4.69) is 0 Å². The van der Waals surface area contributed by atoms with Gasteiger partial charge in [0.2, 0.25) is 0 Å². The zero-order chi connectivity index (χ0) is 10.6. The highest BCUT2D eigenvalue weighted by atomic mass is 16.3. The van der Waals surface area contributed by atoms with Crippen molar-refractivity contribution >= 4 is 6.08 Å². The summed E-state index contributed by atoms with van der Waals surface area (Å²) in [6, 6.07) is 9.67. The van der Waals surface area contributed by atoms with Gasteiger partial charge in [0.25, 0.3) is 0 Å². The Morgan fingerprint density at radius 1 is 1.29 bits per heavy atom. The number of hydrogen-bond donors (Lipinski definition) is 2. The second kappa shape index (κ2) is 4.40. The zero-order valence-corrected chi connectivity index (χ0v) is 8.51. The number of benzene rings is 1. The monoisotopic (exact) mass is 192 g/mol. The van der Waals surface area contributed by atoms with E-state index in [9.17, 15) is 10.2 Å². The molecule has 0 aliphatic carbocycles. The molecule has 0 aliphatic heterocycles. The van der Waals surface area contributed by atoms with Gasteiger partial charge < -0.3 is 10.2 Å². The van der Waals surface area contributed by atoms with Crippen LogP contribution in [0.1, 0.15) is 19.4 Å². The molecule has 0 spiro atoms. The molecular weight excluding hydrogens is 176 g/mol. The molecule has 2 nitrogen and oxygen atoms in total. The Balaban J connectivity index is 2.74. The third kappa shape index (κ3) is 2.98.